The Bertz CT molecular complexity index is 1170. The summed E-state index contributed by atoms with van der Waals surface area (Å²) in [6.07, 6.45) is 0. The second-order valence-electron chi connectivity index (χ2n) is 9.35. The Labute approximate surface area is 232 Å². The van der Waals surface area contributed by atoms with Crippen LogP contribution in [0.5, 0.6) is 0 Å². The van der Waals surface area contributed by atoms with Crippen LogP contribution < -0.4 is 5.32 Å². The lowest BCUT2D eigenvalue weighted by Crippen LogP contribution is -2.70. The Morgan fingerprint density at radius 1 is 1.27 bits per heavy atom. The number of thioether (sulfide) groups is 1. The van der Waals surface area contributed by atoms with Crippen LogP contribution in [0.3, 0.4) is 0 Å². The van der Waals surface area contributed by atoms with E-state index in [1.54, 1.807) is 31.2 Å². The molecule has 9 nitrogen and oxygen atoms in total. The first-order valence-electron chi connectivity index (χ1n) is 12.0. The molecule has 37 heavy (non-hydrogen) atoms. The van der Waals surface area contributed by atoms with Crippen molar-refractivity contribution >= 4 is 53.6 Å². The number of β-lactam (4-membered cyclic amide) rings is 1. The predicted octanol–water partition coefficient (Wildman–Crippen LogP) is 3.77. The molecule has 2 aliphatic heterocycles. The molecule has 2 fully saturated rings. The molecule has 1 unspecified atom stereocenters. The summed E-state index contributed by atoms with van der Waals surface area (Å²) in [4.78, 5) is 43.1. The third-order valence-corrected chi connectivity index (χ3v) is 8.62. The minimum atomic E-state index is -0.774. The van der Waals surface area contributed by atoms with E-state index in [4.69, 9.17) is 20.9 Å². The van der Waals surface area contributed by atoms with E-state index in [1.807, 2.05) is 13.8 Å². The van der Waals surface area contributed by atoms with Crippen LogP contribution in [-0.2, 0) is 14.3 Å². The van der Waals surface area contributed by atoms with E-state index in [9.17, 15) is 14.4 Å². The van der Waals surface area contributed by atoms with Gasteiger partial charge in [-0.2, -0.15) is 0 Å². The molecular weight excluding hydrogens is 539 g/mol. The van der Waals surface area contributed by atoms with Crippen LogP contribution in [0.1, 0.15) is 43.8 Å². The van der Waals surface area contributed by atoms with Gasteiger partial charge in [-0.15, -0.1) is 24.2 Å². The molecule has 0 radical (unpaired) electrons. The van der Waals surface area contributed by atoms with Crippen molar-refractivity contribution in [3.05, 3.63) is 40.6 Å². The third kappa shape index (κ3) is 5.48. The molecule has 12 heteroatoms. The first kappa shape index (κ1) is 29.3. The quantitative estimate of drug-likeness (QED) is 0.359. The molecule has 2 saturated heterocycles. The van der Waals surface area contributed by atoms with E-state index in [0.29, 0.717) is 28.6 Å². The zero-order chi connectivity index (χ0) is 26.2. The largest absolute Gasteiger partial charge is 0.463 e. The average molecular weight is 572 g/mol. The minimum absolute atomic E-state index is 0. The number of likely N-dealkylation sites (N-methyl/N-ethyl adjacent to an activating group) is 1. The van der Waals surface area contributed by atoms with Gasteiger partial charge < -0.3 is 24.4 Å². The van der Waals surface area contributed by atoms with Crippen LogP contribution in [0.25, 0.3) is 11.3 Å². The minimum Gasteiger partial charge on any atom is -0.463 e. The normalized spacial score (nSPS) is 21.8. The molecule has 0 bridgehead atoms. The molecule has 3 atom stereocenters. The predicted molar refractivity (Wildman–Crippen MR) is 145 cm³/mol. The Morgan fingerprint density at radius 3 is 2.59 bits per heavy atom. The smallest absolute Gasteiger partial charge is 0.330 e. The molecule has 3 heterocycles. The molecule has 1 aromatic carbocycles. The maximum absolute atomic E-state index is 13.3. The highest BCUT2D eigenvalue weighted by Gasteiger charge is 2.64. The number of aryl methyl sites for hydroxylation is 1. The van der Waals surface area contributed by atoms with Crippen LogP contribution in [0.2, 0.25) is 5.02 Å². The van der Waals surface area contributed by atoms with Crippen LogP contribution in [-0.4, -0.2) is 81.2 Å². The van der Waals surface area contributed by atoms with Gasteiger partial charge in [0.05, 0.1) is 5.02 Å². The number of carbonyl (C=O) groups is 3. The van der Waals surface area contributed by atoms with E-state index >= 15 is 0 Å². The van der Waals surface area contributed by atoms with E-state index < -0.39 is 28.7 Å². The van der Waals surface area contributed by atoms with Gasteiger partial charge >= 0.3 is 5.97 Å². The highest BCUT2D eigenvalue weighted by Crippen LogP contribution is 2.51. The van der Waals surface area contributed by atoms with Crippen LogP contribution >= 0.6 is 35.8 Å². The van der Waals surface area contributed by atoms with E-state index in [-0.39, 0.29) is 35.9 Å². The summed E-state index contributed by atoms with van der Waals surface area (Å²) < 4.78 is 10.3. The van der Waals surface area contributed by atoms with Crippen LogP contribution in [0, 0.1) is 6.92 Å². The van der Waals surface area contributed by atoms with Gasteiger partial charge in [0.1, 0.15) is 41.1 Å². The number of carbonyl (C=O) groups excluding carboxylic acids is 3. The Balaban J connectivity index is 0.00000380. The molecule has 2 aliphatic rings. The van der Waals surface area contributed by atoms with Gasteiger partial charge in [0.25, 0.3) is 5.91 Å². The average Bonchev–Trinajstić information content (AvgIpc) is 3.35. The summed E-state index contributed by atoms with van der Waals surface area (Å²) in [7, 11) is 0. The van der Waals surface area contributed by atoms with Gasteiger partial charge in [-0.1, -0.05) is 48.8 Å². The fourth-order valence-electron chi connectivity index (χ4n) is 4.71. The van der Waals surface area contributed by atoms with Gasteiger partial charge in [0.2, 0.25) is 5.91 Å². The molecular formula is C25H32Cl2N4O5S. The number of rotatable bonds is 9. The molecule has 0 aliphatic carbocycles. The van der Waals surface area contributed by atoms with Gasteiger partial charge in [-0.3, -0.25) is 9.59 Å². The van der Waals surface area contributed by atoms with Gasteiger partial charge in [0, 0.05) is 16.9 Å². The van der Waals surface area contributed by atoms with Crippen molar-refractivity contribution < 1.29 is 23.6 Å². The SMILES string of the molecule is CCN(CC)CCOC(=O)[C@@H]1N2C(=O)C(NC(=O)c3c(-c4ccccc4Cl)noc3C)[C@H]2SC1(C)C.Cl. The van der Waals surface area contributed by atoms with Gasteiger partial charge in [0.15, 0.2) is 0 Å². The number of halogens is 2. The van der Waals surface area contributed by atoms with Crippen molar-refractivity contribution in [1.82, 2.24) is 20.3 Å². The van der Waals surface area contributed by atoms with Crippen molar-refractivity contribution in [3.8, 4) is 11.3 Å². The van der Waals surface area contributed by atoms with Gasteiger partial charge in [-0.05, 0) is 39.9 Å². The molecule has 2 amide bonds. The first-order valence-corrected chi connectivity index (χ1v) is 13.3. The number of hydrogen-bond acceptors (Lipinski definition) is 8. The second-order valence-corrected chi connectivity index (χ2v) is 11.5. The number of aromatic nitrogens is 1. The van der Waals surface area contributed by atoms with E-state index in [1.165, 1.54) is 16.7 Å². The topological polar surface area (TPSA) is 105 Å². The molecule has 2 aromatic rings. The fourth-order valence-corrected chi connectivity index (χ4v) is 6.56. The number of nitrogens with zero attached hydrogens (tertiary/aromatic N) is 3. The number of nitrogens with one attached hydrogen (secondary N) is 1. The Kier molecular flexibility index (Phi) is 9.21. The summed E-state index contributed by atoms with van der Waals surface area (Å²) in [5, 5.41) is 6.92. The lowest BCUT2D eigenvalue weighted by Gasteiger charge is -2.43. The summed E-state index contributed by atoms with van der Waals surface area (Å²) in [6.45, 7) is 12.2. The Morgan fingerprint density at radius 2 is 1.95 bits per heavy atom. The maximum Gasteiger partial charge on any atom is 0.330 e. The molecule has 4 rings (SSSR count). The standard InChI is InChI=1S/C25H31ClN4O5S.ClH/c1-6-29(7-2)12-13-34-24(33)20-25(4,5)36-23-19(22(32)30(20)23)27-21(31)17-14(3)35-28-18(17)15-10-8-9-11-16(15)26;/h8-11,19-20,23H,6-7,12-13H2,1-5H3,(H,27,31);1H/t19?,20-,23+;/m0./s1. The maximum atomic E-state index is 13.3. The number of esters is 1. The zero-order valence-corrected chi connectivity index (χ0v) is 23.8. The van der Waals surface area contributed by atoms with Crippen molar-refractivity contribution in [2.24, 2.45) is 0 Å². The molecule has 0 saturated carbocycles. The molecule has 1 aromatic heterocycles. The van der Waals surface area contributed by atoms with Crippen LogP contribution in [0.15, 0.2) is 28.8 Å². The fraction of sp³-hybridized carbons (Fsp3) is 0.520. The Hall–Kier alpha value is -2.27. The monoisotopic (exact) mass is 570 g/mol. The number of benzene rings is 1. The number of fused-ring (bicyclic) bond motifs is 1. The number of hydrogen-bond donors (Lipinski definition) is 1. The highest BCUT2D eigenvalue weighted by atomic mass is 35.5. The number of ether oxygens (including phenoxy) is 1. The molecule has 0 spiro atoms. The van der Waals surface area contributed by atoms with E-state index in [2.05, 4.69) is 29.2 Å². The lowest BCUT2D eigenvalue weighted by atomic mass is 9.95. The summed E-state index contributed by atoms with van der Waals surface area (Å²) >= 11 is 7.79. The van der Waals surface area contributed by atoms with Crippen molar-refractivity contribution in [1.29, 1.82) is 0 Å². The lowest BCUT2D eigenvalue weighted by molar-refractivity contribution is -0.163. The highest BCUT2D eigenvalue weighted by molar-refractivity contribution is 8.01. The second kappa shape index (κ2) is 11.6. The summed E-state index contributed by atoms with van der Waals surface area (Å²) in [5.74, 6) is -0.896. The summed E-state index contributed by atoms with van der Waals surface area (Å²) in [5.41, 5.74) is 1.10. The van der Waals surface area contributed by atoms with Crippen LogP contribution in [0.4, 0.5) is 0 Å². The van der Waals surface area contributed by atoms with Gasteiger partial charge in [-0.25, -0.2) is 4.79 Å². The summed E-state index contributed by atoms with van der Waals surface area (Å²) in [6, 6.07) is 5.53. The van der Waals surface area contributed by atoms with Crippen molar-refractivity contribution in [2.75, 3.05) is 26.2 Å². The van der Waals surface area contributed by atoms with Crippen molar-refractivity contribution in [3.63, 3.8) is 0 Å². The zero-order valence-electron chi connectivity index (χ0n) is 21.4. The van der Waals surface area contributed by atoms with E-state index in [0.717, 1.165) is 13.1 Å². The number of amides is 2. The third-order valence-electron chi connectivity index (χ3n) is 6.72. The first-order chi connectivity index (χ1) is 17.1. The van der Waals surface area contributed by atoms with Crippen molar-refractivity contribution in [2.45, 2.75) is 56.8 Å². The molecule has 1 N–H and O–H groups in total. The molecule has 202 valence electrons.